The molecular formula is C28H22ClN3O5S2. The summed E-state index contributed by atoms with van der Waals surface area (Å²) in [7, 11) is 1.39. The van der Waals surface area contributed by atoms with Crippen molar-refractivity contribution in [3.63, 3.8) is 0 Å². The van der Waals surface area contributed by atoms with Gasteiger partial charge >= 0.3 is 5.91 Å². The molecule has 0 saturated carbocycles. The Bertz CT molecular complexity index is 1590. The number of aromatic hydroxyl groups is 1. The molecule has 0 spiro atoms. The molecule has 11 heteroatoms. The first-order valence-corrected chi connectivity index (χ1v) is 13.9. The van der Waals surface area contributed by atoms with Gasteiger partial charge in [-0.05, 0) is 54.4 Å². The van der Waals surface area contributed by atoms with Crippen molar-refractivity contribution in [2.45, 2.75) is 23.1 Å². The lowest BCUT2D eigenvalue weighted by molar-refractivity contribution is -0.132. The number of ketones is 1. The highest BCUT2D eigenvalue weighted by Crippen LogP contribution is 2.45. The van der Waals surface area contributed by atoms with Crippen molar-refractivity contribution in [3.8, 4) is 11.5 Å². The van der Waals surface area contributed by atoms with Crippen LogP contribution in [0.25, 0.3) is 5.76 Å². The number of aryl methyl sites for hydroxylation is 1. The van der Waals surface area contributed by atoms with E-state index in [1.807, 2.05) is 31.2 Å². The van der Waals surface area contributed by atoms with Crippen LogP contribution in [-0.4, -0.2) is 39.2 Å². The number of phenols is 1. The Hall–Kier alpha value is -3.86. The second-order valence-electron chi connectivity index (χ2n) is 8.73. The molecule has 2 heterocycles. The predicted octanol–water partition coefficient (Wildman–Crippen LogP) is 6.13. The van der Waals surface area contributed by atoms with E-state index in [9.17, 15) is 19.8 Å². The first-order valence-electron chi connectivity index (χ1n) is 11.7. The highest BCUT2D eigenvalue weighted by Gasteiger charge is 2.48. The summed E-state index contributed by atoms with van der Waals surface area (Å²) in [5.41, 5.74) is 2.91. The highest BCUT2D eigenvalue weighted by atomic mass is 35.5. The van der Waals surface area contributed by atoms with Gasteiger partial charge in [0.1, 0.15) is 5.76 Å². The number of hydrogen-bond donors (Lipinski definition) is 2. The van der Waals surface area contributed by atoms with E-state index in [-0.39, 0.29) is 28.0 Å². The lowest BCUT2D eigenvalue weighted by atomic mass is 9.95. The summed E-state index contributed by atoms with van der Waals surface area (Å²) in [6, 6.07) is 17.9. The average Bonchev–Trinajstić information content (AvgIpc) is 3.50. The first kappa shape index (κ1) is 26.7. The Labute approximate surface area is 237 Å². The largest absolute Gasteiger partial charge is 0.507 e. The normalized spacial score (nSPS) is 16.6. The van der Waals surface area contributed by atoms with Crippen LogP contribution in [0.15, 0.2) is 76.6 Å². The molecule has 0 aliphatic carbocycles. The molecule has 2 N–H and O–H groups in total. The van der Waals surface area contributed by atoms with Crippen molar-refractivity contribution >= 4 is 57.3 Å². The second kappa shape index (κ2) is 11.1. The van der Waals surface area contributed by atoms with Gasteiger partial charge in [0.2, 0.25) is 5.13 Å². The molecule has 1 aliphatic rings. The fraction of sp³-hybridized carbons (Fsp3) is 0.143. The first-order chi connectivity index (χ1) is 18.8. The van der Waals surface area contributed by atoms with Crippen molar-refractivity contribution < 1.29 is 24.5 Å². The zero-order chi connectivity index (χ0) is 27.7. The number of anilines is 1. The summed E-state index contributed by atoms with van der Waals surface area (Å²) >= 11 is 8.64. The number of aliphatic hydroxyl groups excluding tert-OH is 1. The molecular weight excluding hydrogens is 558 g/mol. The Morgan fingerprint density at radius 2 is 1.79 bits per heavy atom. The van der Waals surface area contributed by atoms with Crippen LogP contribution in [0.1, 0.15) is 28.3 Å². The molecule has 1 saturated heterocycles. The average molecular weight is 580 g/mol. The van der Waals surface area contributed by atoms with Crippen molar-refractivity contribution in [2.24, 2.45) is 0 Å². The van der Waals surface area contributed by atoms with E-state index in [0.29, 0.717) is 26.2 Å². The van der Waals surface area contributed by atoms with Crippen LogP contribution in [0.5, 0.6) is 11.5 Å². The molecule has 4 aromatic rings. The lowest BCUT2D eigenvalue weighted by Gasteiger charge is -2.23. The van der Waals surface area contributed by atoms with Crippen molar-refractivity contribution in [2.75, 3.05) is 12.0 Å². The molecule has 8 nitrogen and oxygen atoms in total. The zero-order valence-corrected chi connectivity index (χ0v) is 23.2. The molecule has 3 aromatic carbocycles. The molecule has 0 radical (unpaired) electrons. The van der Waals surface area contributed by atoms with E-state index in [4.69, 9.17) is 16.3 Å². The third-order valence-electron chi connectivity index (χ3n) is 6.17. The fourth-order valence-corrected chi connectivity index (χ4v) is 6.11. The maximum Gasteiger partial charge on any atom is 0.301 e. The quantitative estimate of drug-likeness (QED) is 0.0883. The molecule has 5 rings (SSSR count). The SMILES string of the molecule is COc1cc(C2/C(=C(/O)c3ccc(Cl)cc3)C(=O)C(=O)N2c2nnc(SCc3ccc(C)cc3)s2)ccc1O. The third kappa shape index (κ3) is 5.36. The number of Topliss-reactive ketones (excluding diaryl/α,β-unsaturated/α-hetero) is 1. The molecule has 1 atom stereocenters. The Morgan fingerprint density at radius 3 is 2.49 bits per heavy atom. The second-order valence-corrected chi connectivity index (χ2v) is 11.3. The van der Waals surface area contributed by atoms with Gasteiger partial charge in [-0.2, -0.15) is 0 Å². The summed E-state index contributed by atoms with van der Waals surface area (Å²) in [5.74, 6) is -1.39. The number of methoxy groups -OCH3 is 1. The van der Waals surface area contributed by atoms with E-state index < -0.39 is 17.7 Å². The van der Waals surface area contributed by atoms with Gasteiger partial charge in [0.15, 0.2) is 15.8 Å². The number of ether oxygens (including phenoxy) is 1. The van der Waals surface area contributed by atoms with Crippen LogP contribution in [0.3, 0.4) is 0 Å². The number of halogens is 1. The monoisotopic (exact) mass is 579 g/mol. The van der Waals surface area contributed by atoms with Gasteiger partial charge in [0.05, 0.1) is 18.7 Å². The van der Waals surface area contributed by atoms with Gasteiger partial charge in [0, 0.05) is 16.3 Å². The van der Waals surface area contributed by atoms with E-state index >= 15 is 0 Å². The summed E-state index contributed by atoms with van der Waals surface area (Å²) in [4.78, 5) is 28.0. The molecule has 1 aromatic heterocycles. The number of amides is 1. The van der Waals surface area contributed by atoms with Gasteiger partial charge in [-0.1, -0.05) is 70.6 Å². The molecule has 39 heavy (non-hydrogen) atoms. The lowest BCUT2D eigenvalue weighted by Crippen LogP contribution is -2.29. The summed E-state index contributed by atoms with van der Waals surface area (Å²) < 4.78 is 5.88. The van der Waals surface area contributed by atoms with Crippen LogP contribution in [0, 0.1) is 6.92 Å². The number of phenolic OH excluding ortho intramolecular Hbond substituents is 1. The molecule has 1 amide bonds. The number of carbonyl (C=O) groups is 2. The minimum Gasteiger partial charge on any atom is -0.507 e. The maximum atomic E-state index is 13.4. The molecule has 1 aliphatic heterocycles. The number of thioether (sulfide) groups is 1. The molecule has 1 unspecified atom stereocenters. The number of benzene rings is 3. The van der Waals surface area contributed by atoms with E-state index in [1.54, 1.807) is 30.3 Å². The van der Waals surface area contributed by atoms with E-state index in [1.165, 1.54) is 52.8 Å². The predicted molar refractivity (Wildman–Crippen MR) is 152 cm³/mol. The maximum absolute atomic E-state index is 13.4. The van der Waals surface area contributed by atoms with Crippen LogP contribution in [0.2, 0.25) is 5.02 Å². The number of rotatable bonds is 7. The van der Waals surface area contributed by atoms with Crippen LogP contribution in [-0.2, 0) is 15.3 Å². The van der Waals surface area contributed by atoms with Crippen molar-refractivity contribution in [3.05, 3.63) is 99.6 Å². The number of carbonyl (C=O) groups excluding carboxylic acids is 2. The number of nitrogens with zero attached hydrogens (tertiary/aromatic N) is 3. The minimum atomic E-state index is -1.04. The van der Waals surface area contributed by atoms with Gasteiger partial charge in [-0.15, -0.1) is 10.2 Å². The standard InChI is InChI=1S/C28H22ClN3O5S2/c1-15-3-5-16(6-4-15)14-38-28-31-30-27(39-28)32-23(18-9-12-20(33)21(13-18)37-2)22(25(35)26(32)36)24(34)17-7-10-19(29)11-8-17/h3-13,23,33-34H,14H2,1-2H3/b24-22-. The number of hydrogen-bond acceptors (Lipinski definition) is 9. The van der Waals surface area contributed by atoms with E-state index in [0.717, 1.165) is 5.56 Å². The fourth-order valence-electron chi connectivity index (χ4n) is 4.16. The Balaban J connectivity index is 1.56. The number of aliphatic hydroxyl groups is 1. The van der Waals surface area contributed by atoms with E-state index in [2.05, 4.69) is 10.2 Å². The van der Waals surface area contributed by atoms with Gasteiger partial charge in [-0.3, -0.25) is 14.5 Å². The molecule has 0 bridgehead atoms. The Kier molecular flexibility index (Phi) is 7.60. The Morgan fingerprint density at radius 1 is 1.08 bits per heavy atom. The summed E-state index contributed by atoms with van der Waals surface area (Å²) in [6.07, 6.45) is 0. The number of aromatic nitrogens is 2. The summed E-state index contributed by atoms with van der Waals surface area (Å²) in [6.45, 7) is 2.02. The van der Waals surface area contributed by atoms with Crippen molar-refractivity contribution in [1.82, 2.24) is 10.2 Å². The van der Waals surface area contributed by atoms with Crippen molar-refractivity contribution in [1.29, 1.82) is 0 Å². The molecule has 1 fully saturated rings. The third-order valence-corrected chi connectivity index (χ3v) is 8.55. The van der Waals surface area contributed by atoms with Gasteiger partial charge in [0.25, 0.3) is 5.78 Å². The van der Waals surface area contributed by atoms with Crippen LogP contribution < -0.4 is 9.64 Å². The minimum absolute atomic E-state index is 0.110. The van der Waals surface area contributed by atoms with Crippen LogP contribution >= 0.6 is 34.7 Å². The smallest absolute Gasteiger partial charge is 0.301 e. The summed E-state index contributed by atoms with van der Waals surface area (Å²) in [5, 5.41) is 30.5. The van der Waals surface area contributed by atoms with Gasteiger partial charge in [-0.25, -0.2) is 0 Å². The molecule has 198 valence electrons. The topological polar surface area (TPSA) is 113 Å². The highest BCUT2D eigenvalue weighted by molar-refractivity contribution is 8.00. The van der Waals surface area contributed by atoms with Gasteiger partial charge < -0.3 is 14.9 Å². The zero-order valence-electron chi connectivity index (χ0n) is 20.8. The van der Waals surface area contributed by atoms with Crippen LogP contribution in [0.4, 0.5) is 5.13 Å².